The number of nitrogens with zero attached hydrogens (tertiary/aromatic N) is 2. The van der Waals surface area contributed by atoms with Crippen molar-refractivity contribution in [3.05, 3.63) is 51.1 Å². The minimum atomic E-state index is 0.145. The second kappa shape index (κ2) is 6.17. The van der Waals surface area contributed by atoms with Gasteiger partial charge in [0.05, 0.1) is 5.39 Å². The molecule has 0 saturated heterocycles. The zero-order valence-corrected chi connectivity index (χ0v) is 15.0. The number of rotatable bonds is 3. The summed E-state index contributed by atoms with van der Waals surface area (Å²) in [5, 5.41) is 0.884. The van der Waals surface area contributed by atoms with Crippen LogP contribution >= 0.6 is 11.3 Å². The van der Waals surface area contributed by atoms with E-state index in [4.69, 9.17) is 4.98 Å². The molecule has 0 amide bonds. The van der Waals surface area contributed by atoms with E-state index < -0.39 is 0 Å². The Bertz CT molecular complexity index is 938. The zero-order valence-electron chi connectivity index (χ0n) is 14.2. The minimum absolute atomic E-state index is 0.145. The Labute approximate surface area is 146 Å². The van der Waals surface area contributed by atoms with Gasteiger partial charge in [-0.1, -0.05) is 44.2 Å². The number of aromatic nitrogens is 2. The summed E-state index contributed by atoms with van der Waals surface area (Å²) in [5.74, 6) is 1.21. The number of benzene rings is 1. The molecule has 0 aliphatic heterocycles. The highest BCUT2D eigenvalue weighted by Gasteiger charge is 2.22. The van der Waals surface area contributed by atoms with Crippen LogP contribution in [0, 0.1) is 5.92 Å². The van der Waals surface area contributed by atoms with Gasteiger partial charge in [-0.3, -0.25) is 9.36 Å². The average Bonchev–Trinajstić information content (AvgIpc) is 2.96. The summed E-state index contributed by atoms with van der Waals surface area (Å²) in [6.07, 6.45) is 4.54. The van der Waals surface area contributed by atoms with Crippen molar-refractivity contribution >= 4 is 21.6 Å². The van der Waals surface area contributed by atoms with E-state index in [1.165, 1.54) is 23.3 Å². The van der Waals surface area contributed by atoms with Crippen LogP contribution in [0.2, 0.25) is 0 Å². The second-order valence-corrected chi connectivity index (χ2v) is 8.09. The predicted octanol–water partition coefficient (Wildman–Crippen LogP) is 4.66. The lowest BCUT2D eigenvalue weighted by Crippen LogP contribution is -2.26. The van der Waals surface area contributed by atoms with Crippen LogP contribution in [-0.2, 0) is 19.4 Å². The van der Waals surface area contributed by atoms with Gasteiger partial charge in [-0.2, -0.15) is 0 Å². The molecule has 4 rings (SSSR count). The standard InChI is InChI=1S/C20H22N2OS/c1-13(2)12-22-18(14-8-4-3-5-9-14)21-19-17(20(22)23)15-10-6-7-11-16(15)24-19/h3-5,8-9,13H,6-7,10-12H2,1-2H3. The molecule has 0 unspecified atom stereocenters. The first-order valence-electron chi connectivity index (χ1n) is 8.75. The molecule has 0 bridgehead atoms. The topological polar surface area (TPSA) is 34.9 Å². The van der Waals surface area contributed by atoms with Gasteiger partial charge < -0.3 is 0 Å². The average molecular weight is 338 g/mol. The molecule has 3 aromatic rings. The third-order valence-electron chi connectivity index (χ3n) is 4.65. The Morgan fingerprint density at radius 3 is 2.67 bits per heavy atom. The van der Waals surface area contributed by atoms with E-state index in [2.05, 4.69) is 13.8 Å². The lowest BCUT2D eigenvalue weighted by atomic mass is 9.97. The number of hydrogen-bond donors (Lipinski definition) is 0. The molecule has 124 valence electrons. The fraction of sp³-hybridized carbons (Fsp3) is 0.400. The molecule has 0 radical (unpaired) electrons. The molecule has 2 aromatic heterocycles. The van der Waals surface area contributed by atoms with E-state index in [9.17, 15) is 4.79 Å². The SMILES string of the molecule is CC(C)Cn1c(-c2ccccc2)nc2sc3c(c2c1=O)CCCC3. The van der Waals surface area contributed by atoms with Crippen LogP contribution in [-0.4, -0.2) is 9.55 Å². The molecular formula is C20H22N2OS. The first kappa shape index (κ1) is 15.6. The summed E-state index contributed by atoms with van der Waals surface area (Å²) in [7, 11) is 0. The smallest absolute Gasteiger partial charge is 0.262 e. The summed E-state index contributed by atoms with van der Waals surface area (Å²) in [4.78, 5) is 20.6. The Morgan fingerprint density at radius 1 is 1.17 bits per heavy atom. The van der Waals surface area contributed by atoms with Crippen LogP contribution < -0.4 is 5.56 Å². The first-order valence-corrected chi connectivity index (χ1v) is 9.57. The molecule has 4 heteroatoms. The largest absolute Gasteiger partial charge is 0.292 e. The minimum Gasteiger partial charge on any atom is -0.292 e. The van der Waals surface area contributed by atoms with Gasteiger partial charge in [0, 0.05) is 17.0 Å². The highest BCUT2D eigenvalue weighted by atomic mass is 32.1. The lowest BCUT2D eigenvalue weighted by Gasteiger charge is -2.15. The van der Waals surface area contributed by atoms with Crippen LogP contribution in [0.4, 0.5) is 0 Å². The van der Waals surface area contributed by atoms with Gasteiger partial charge in [0.1, 0.15) is 10.7 Å². The molecule has 0 N–H and O–H groups in total. The van der Waals surface area contributed by atoms with Crippen LogP contribution in [0.25, 0.3) is 21.6 Å². The van der Waals surface area contributed by atoms with Crippen LogP contribution in [0.1, 0.15) is 37.1 Å². The van der Waals surface area contributed by atoms with Crippen molar-refractivity contribution < 1.29 is 0 Å². The van der Waals surface area contributed by atoms with Crippen molar-refractivity contribution in [2.75, 3.05) is 0 Å². The monoisotopic (exact) mass is 338 g/mol. The maximum Gasteiger partial charge on any atom is 0.262 e. The molecule has 0 atom stereocenters. The Morgan fingerprint density at radius 2 is 1.92 bits per heavy atom. The molecule has 0 spiro atoms. The van der Waals surface area contributed by atoms with E-state index in [1.54, 1.807) is 11.3 Å². The Hall–Kier alpha value is -1.94. The van der Waals surface area contributed by atoms with Crippen molar-refractivity contribution in [2.45, 2.75) is 46.1 Å². The van der Waals surface area contributed by atoms with Gasteiger partial charge >= 0.3 is 0 Å². The van der Waals surface area contributed by atoms with Crippen LogP contribution in [0.3, 0.4) is 0 Å². The summed E-state index contributed by atoms with van der Waals surface area (Å²) in [6, 6.07) is 10.1. The van der Waals surface area contributed by atoms with Crippen molar-refractivity contribution in [1.82, 2.24) is 9.55 Å². The van der Waals surface area contributed by atoms with Gasteiger partial charge in [0.2, 0.25) is 0 Å². The number of fused-ring (bicyclic) bond motifs is 3. The van der Waals surface area contributed by atoms with Crippen molar-refractivity contribution in [1.29, 1.82) is 0 Å². The van der Waals surface area contributed by atoms with Gasteiger partial charge in [0.15, 0.2) is 0 Å². The predicted molar refractivity (Wildman–Crippen MR) is 101 cm³/mol. The Kier molecular flexibility index (Phi) is 4.01. The normalized spacial score (nSPS) is 14.3. The summed E-state index contributed by atoms with van der Waals surface area (Å²) < 4.78 is 1.89. The van der Waals surface area contributed by atoms with Crippen LogP contribution in [0.15, 0.2) is 35.1 Å². The third-order valence-corrected chi connectivity index (χ3v) is 5.84. The fourth-order valence-electron chi connectivity index (χ4n) is 3.58. The second-order valence-electron chi connectivity index (χ2n) is 7.00. The van der Waals surface area contributed by atoms with E-state index >= 15 is 0 Å². The molecule has 24 heavy (non-hydrogen) atoms. The van der Waals surface area contributed by atoms with E-state index in [0.29, 0.717) is 12.5 Å². The van der Waals surface area contributed by atoms with Crippen LogP contribution in [0.5, 0.6) is 0 Å². The van der Waals surface area contributed by atoms with E-state index in [-0.39, 0.29) is 5.56 Å². The van der Waals surface area contributed by atoms with Gasteiger partial charge in [-0.05, 0) is 37.2 Å². The summed E-state index contributed by atoms with van der Waals surface area (Å²) in [5.41, 5.74) is 2.44. The highest BCUT2D eigenvalue weighted by Crippen LogP contribution is 2.34. The molecule has 0 saturated carbocycles. The maximum absolute atomic E-state index is 13.3. The molecule has 1 aliphatic carbocycles. The first-order chi connectivity index (χ1) is 11.6. The summed E-state index contributed by atoms with van der Waals surface area (Å²) in [6.45, 7) is 5.00. The molecule has 0 fully saturated rings. The molecule has 1 aromatic carbocycles. The quantitative estimate of drug-likeness (QED) is 0.696. The highest BCUT2D eigenvalue weighted by molar-refractivity contribution is 7.18. The fourth-order valence-corrected chi connectivity index (χ4v) is 4.83. The molecular weight excluding hydrogens is 316 g/mol. The third kappa shape index (κ3) is 2.59. The van der Waals surface area contributed by atoms with Crippen molar-refractivity contribution in [3.8, 4) is 11.4 Å². The maximum atomic E-state index is 13.3. The molecule has 2 heterocycles. The lowest BCUT2D eigenvalue weighted by molar-refractivity contribution is 0.513. The summed E-state index contributed by atoms with van der Waals surface area (Å²) >= 11 is 1.73. The van der Waals surface area contributed by atoms with Gasteiger partial charge in [0.25, 0.3) is 5.56 Å². The van der Waals surface area contributed by atoms with Gasteiger partial charge in [-0.25, -0.2) is 4.98 Å². The van der Waals surface area contributed by atoms with Crippen molar-refractivity contribution in [2.24, 2.45) is 5.92 Å². The Balaban J connectivity index is 2.02. The van der Waals surface area contributed by atoms with E-state index in [1.807, 2.05) is 34.9 Å². The van der Waals surface area contributed by atoms with E-state index in [0.717, 1.165) is 34.4 Å². The number of hydrogen-bond acceptors (Lipinski definition) is 3. The number of aryl methyl sites for hydroxylation is 2. The zero-order chi connectivity index (χ0) is 16.7. The van der Waals surface area contributed by atoms with Gasteiger partial charge in [-0.15, -0.1) is 11.3 Å². The molecule has 3 nitrogen and oxygen atoms in total. The molecule has 1 aliphatic rings. The van der Waals surface area contributed by atoms with Crippen molar-refractivity contribution in [3.63, 3.8) is 0 Å². The number of thiophene rings is 1.